The molecule has 0 bridgehead atoms. The maximum atomic E-state index is 15.5. The number of nitrogens with one attached hydrogen (secondary N) is 1. The molecule has 1 aromatic heterocycles. The number of rotatable bonds is 3. The third-order valence-electron chi connectivity index (χ3n) is 6.23. The topological polar surface area (TPSA) is 116 Å². The zero-order valence-electron chi connectivity index (χ0n) is 18.7. The molecule has 4 aromatic rings. The molecule has 2 amide bonds. The van der Waals surface area contributed by atoms with Crippen molar-refractivity contribution < 1.29 is 31.5 Å². The lowest BCUT2D eigenvalue weighted by Gasteiger charge is -2.20. The molecular formula is C24H15ClF5N5O2. The molecule has 37 heavy (non-hydrogen) atoms. The first-order valence-electron chi connectivity index (χ1n) is 10.6. The van der Waals surface area contributed by atoms with Crippen LogP contribution in [0.25, 0.3) is 22.0 Å². The Morgan fingerprint density at radius 3 is 2.49 bits per heavy atom. The van der Waals surface area contributed by atoms with E-state index < -0.39 is 52.4 Å². The molecule has 190 valence electrons. The molecule has 0 saturated heterocycles. The number of carbonyl (C=O) groups excluding carboxylic acids is 2. The first-order chi connectivity index (χ1) is 17.3. The van der Waals surface area contributed by atoms with Crippen molar-refractivity contribution in [1.29, 1.82) is 0 Å². The highest BCUT2D eigenvalue weighted by molar-refractivity contribution is 6.31. The fraction of sp³-hybridized carbons (Fsp3) is 0.125. The van der Waals surface area contributed by atoms with Crippen LogP contribution in [0, 0.1) is 11.6 Å². The highest BCUT2D eigenvalue weighted by Gasteiger charge is 2.39. The summed E-state index contributed by atoms with van der Waals surface area (Å²) in [5, 5.41) is 7.12. The molecule has 3 aromatic carbocycles. The second-order valence-electron chi connectivity index (χ2n) is 8.43. The van der Waals surface area contributed by atoms with Gasteiger partial charge in [0.2, 0.25) is 5.91 Å². The van der Waals surface area contributed by atoms with Crippen LogP contribution in [-0.4, -0.2) is 21.6 Å². The molecule has 0 radical (unpaired) electrons. The predicted octanol–water partition coefficient (Wildman–Crippen LogP) is 4.70. The van der Waals surface area contributed by atoms with Gasteiger partial charge in [-0.15, -0.1) is 0 Å². The number of alkyl halides is 3. The van der Waals surface area contributed by atoms with Gasteiger partial charge in [0, 0.05) is 34.1 Å². The minimum absolute atomic E-state index is 0.0178. The van der Waals surface area contributed by atoms with Crippen molar-refractivity contribution in [2.24, 2.45) is 12.8 Å². The van der Waals surface area contributed by atoms with E-state index in [1.54, 1.807) is 0 Å². The second kappa shape index (κ2) is 8.17. The zero-order valence-corrected chi connectivity index (χ0v) is 19.4. The van der Waals surface area contributed by atoms with Crippen molar-refractivity contribution in [3.05, 3.63) is 80.9 Å². The van der Waals surface area contributed by atoms with Gasteiger partial charge in [-0.1, -0.05) is 11.6 Å². The zero-order chi connectivity index (χ0) is 27.0. The number of primary amides is 1. The Morgan fingerprint density at radius 1 is 1.14 bits per heavy atom. The Labute approximate surface area is 209 Å². The first kappa shape index (κ1) is 24.5. The van der Waals surface area contributed by atoms with Crippen LogP contribution < -0.4 is 16.8 Å². The summed E-state index contributed by atoms with van der Waals surface area (Å²) in [6.45, 7) is 0. The van der Waals surface area contributed by atoms with Gasteiger partial charge in [0.15, 0.2) is 0 Å². The van der Waals surface area contributed by atoms with E-state index in [1.165, 1.54) is 23.9 Å². The monoisotopic (exact) mass is 535 g/mol. The van der Waals surface area contributed by atoms with Crippen LogP contribution in [0.5, 0.6) is 0 Å². The van der Waals surface area contributed by atoms with E-state index in [-0.39, 0.29) is 50.1 Å². The van der Waals surface area contributed by atoms with Crippen LogP contribution in [0.4, 0.5) is 27.8 Å². The maximum Gasteiger partial charge on any atom is 0.416 e. The van der Waals surface area contributed by atoms with E-state index in [0.29, 0.717) is 6.07 Å². The average molecular weight is 536 g/mol. The van der Waals surface area contributed by atoms with E-state index >= 15 is 4.39 Å². The van der Waals surface area contributed by atoms with E-state index in [0.717, 1.165) is 12.1 Å². The van der Waals surface area contributed by atoms with Crippen molar-refractivity contribution in [2.75, 3.05) is 5.73 Å². The lowest BCUT2D eigenvalue weighted by Crippen LogP contribution is -2.21. The number of aryl methyl sites for hydroxylation is 1. The molecule has 0 fully saturated rings. The third-order valence-corrected chi connectivity index (χ3v) is 6.57. The summed E-state index contributed by atoms with van der Waals surface area (Å²) in [4.78, 5) is 25.5. The molecule has 0 aliphatic carbocycles. The maximum absolute atomic E-state index is 15.5. The van der Waals surface area contributed by atoms with Crippen molar-refractivity contribution in [1.82, 2.24) is 15.1 Å². The summed E-state index contributed by atoms with van der Waals surface area (Å²) in [6, 6.07) is 4.18. The van der Waals surface area contributed by atoms with Crippen LogP contribution in [0.15, 0.2) is 36.4 Å². The van der Waals surface area contributed by atoms with Gasteiger partial charge < -0.3 is 16.8 Å². The number of nitrogens with two attached hydrogens (primary N) is 2. The van der Waals surface area contributed by atoms with Crippen molar-refractivity contribution in [3.8, 4) is 11.1 Å². The highest BCUT2D eigenvalue weighted by Crippen LogP contribution is 2.46. The second-order valence-corrected chi connectivity index (χ2v) is 8.84. The smallest absolute Gasteiger partial charge is 0.383 e. The number of anilines is 1. The number of aromatic nitrogens is 2. The molecule has 1 aliphatic heterocycles. The third kappa shape index (κ3) is 3.75. The Bertz CT molecular complexity index is 1660. The molecule has 0 spiro atoms. The van der Waals surface area contributed by atoms with Gasteiger partial charge in [-0.3, -0.25) is 14.3 Å². The minimum Gasteiger partial charge on any atom is -0.383 e. The fourth-order valence-electron chi connectivity index (χ4n) is 4.58. The summed E-state index contributed by atoms with van der Waals surface area (Å²) in [5.74, 6) is -4.09. The summed E-state index contributed by atoms with van der Waals surface area (Å²) in [6.07, 6.45) is -4.97. The quantitative estimate of drug-likeness (QED) is 0.330. The molecule has 1 aliphatic rings. The van der Waals surface area contributed by atoms with Gasteiger partial charge in [-0.05, 0) is 42.0 Å². The number of hydrogen-bond acceptors (Lipinski definition) is 4. The lowest BCUT2D eigenvalue weighted by atomic mass is 9.86. The molecule has 0 saturated carbocycles. The summed E-state index contributed by atoms with van der Waals surface area (Å²) < 4.78 is 71.1. The first-order valence-corrected chi connectivity index (χ1v) is 10.9. The lowest BCUT2D eigenvalue weighted by molar-refractivity contribution is -0.137. The van der Waals surface area contributed by atoms with Gasteiger partial charge in [0.1, 0.15) is 23.0 Å². The summed E-state index contributed by atoms with van der Waals surface area (Å²) in [5.41, 5.74) is 8.65. The standard InChI is InChI=1S/C24H15ClF5N5O2/c1-35-21(31)13-7-11(16-12(22(32)36)4-8(5-15(16)27)24(28,29)30)17-18(20(13)34-35)23(37)33-19(17)10-6-9(26)2-3-14(10)25/h2-7,19H,31H2,1H3,(H2,32,36)(H,33,37). The number of nitrogen functional groups attached to an aromatic ring is 1. The fourth-order valence-corrected chi connectivity index (χ4v) is 4.81. The van der Waals surface area contributed by atoms with E-state index in [9.17, 15) is 27.2 Å². The molecular weight excluding hydrogens is 521 g/mol. The predicted molar refractivity (Wildman–Crippen MR) is 125 cm³/mol. The molecule has 5 rings (SSSR count). The van der Waals surface area contributed by atoms with Crippen molar-refractivity contribution in [2.45, 2.75) is 12.2 Å². The normalized spacial score (nSPS) is 15.2. The Balaban J connectivity index is 1.94. The van der Waals surface area contributed by atoms with Crippen LogP contribution in [-0.2, 0) is 13.2 Å². The van der Waals surface area contributed by atoms with Gasteiger partial charge in [0.05, 0.1) is 22.7 Å². The molecule has 1 unspecified atom stereocenters. The summed E-state index contributed by atoms with van der Waals surface area (Å²) in [7, 11) is 1.49. The number of hydrogen-bond donors (Lipinski definition) is 3. The van der Waals surface area contributed by atoms with Crippen LogP contribution >= 0.6 is 11.6 Å². The Kier molecular flexibility index (Phi) is 5.41. The number of nitrogens with zero attached hydrogens (tertiary/aromatic N) is 2. The van der Waals surface area contributed by atoms with Gasteiger partial charge in [0.25, 0.3) is 5.91 Å². The van der Waals surface area contributed by atoms with Crippen molar-refractivity contribution in [3.63, 3.8) is 0 Å². The number of fused-ring (bicyclic) bond motifs is 3. The Hall–Kier alpha value is -4.19. The van der Waals surface area contributed by atoms with E-state index in [2.05, 4.69) is 10.4 Å². The molecule has 5 N–H and O–H groups in total. The number of amides is 2. The van der Waals surface area contributed by atoms with Crippen LogP contribution in [0.3, 0.4) is 0 Å². The van der Waals surface area contributed by atoms with Crippen LogP contribution in [0.1, 0.15) is 43.4 Å². The molecule has 7 nitrogen and oxygen atoms in total. The number of benzene rings is 3. The van der Waals surface area contributed by atoms with Gasteiger partial charge in [-0.25, -0.2) is 8.78 Å². The minimum atomic E-state index is -4.97. The number of halogens is 6. The van der Waals surface area contributed by atoms with Gasteiger partial charge >= 0.3 is 6.18 Å². The average Bonchev–Trinajstić information content (AvgIpc) is 3.30. The number of carbonyl (C=O) groups is 2. The van der Waals surface area contributed by atoms with Gasteiger partial charge in [-0.2, -0.15) is 18.3 Å². The van der Waals surface area contributed by atoms with Crippen LogP contribution in [0.2, 0.25) is 5.02 Å². The molecule has 1 atom stereocenters. The Morgan fingerprint density at radius 2 is 1.84 bits per heavy atom. The van der Waals surface area contributed by atoms with Crippen molar-refractivity contribution >= 4 is 40.1 Å². The largest absolute Gasteiger partial charge is 0.416 e. The van der Waals surface area contributed by atoms with E-state index in [4.69, 9.17) is 23.1 Å². The highest BCUT2D eigenvalue weighted by atomic mass is 35.5. The molecule has 13 heteroatoms. The molecule has 2 heterocycles. The summed E-state index contributed by atoms with van der Waals surface area (Å²) >= 11 is 6.29. The van der Waals surface area contributed by atoms with E-state index in [1.807, 2.05) is 0 Å². The SMILES string of the molecule is Cn1nc2c3c(c(-c4c(F)cc(C(F)(F)F)cc4C(N)=O)cc2c1N)C(c1cc(F)ccc1Cl)NC3=O.